The zero-order valence-corrected chi connectivity index (χ0v) is 14.5. The molecule has 1 aromatic carbocycles. The van der Waals surface area contributed by atoms with Crippen molar-refractivity contribution in [3.8, 4) is 28.3 Å². The molecule has 1 N–H and O–H groups in total. The van der Waals surface area contributed by atoms with Gasteiger partial charge in [-0.05, 0) is 48.4 Å². The first kappa shape index (κ1) is 16.3. The predicted molar refractivity (Wildman–Crippen MR) is 95.4 cm³/mol. The monoisotopic (exact) mass is 343 g/mol. The Balaban J connectivity index is 2.19. The summed E-state index contributed by atoms with van der Waals surface area (Å²) in [5.41, 5.74) is 2.85. The molecule has 0 saturated carbocycles. The molecule has 2 aromatic heterocycles. The number of nitrogens with zero attached hydrogens (tertiary/aromatic N) is 4. The molecule has 24 heavy (non-hydrogen) atoms. The summed E-state index contributed by atoms with van der Waals surface area (Å²) in [6, 6.07) is 9.66. The first-order chi connectivity index (χ1) is 11.6. The van der Waals surface area contributed by atoms with Crippen molar-refractivity contribution in [3.05, 3.63) is 41.8 Å². The van der Waals surface area contributed by atoms with Gasteiger partial charge in [-0.1, -0.05) is 11.6 Å². The minimum atomic E-state index is 0.434. The van der Waals surface area contributed by atoms with Gasteiger partial charge in [-0.2, -0.15) is 0 Å². The van der Waals surface area contributed by atoms with Gasteiger partial charge >= 0.3 is 0 Å². The largest absolute Gasteiger partial charge is 0.497 e. The molecule has 3 aromatic rings. The van der Waals surface area contributed by atoms with Gasteiger partial charge in [0.1, 0.15) is 23.0 Å². The number of hydrogen-bond donors (Lipinski definition) is 1. The average Bonchev–Trinajstić information content (AvgIpc) is 3.00. The number of benzene rings is 1. The first-order valence-electron chi connectivity index (χ1n) is 7.56. The summed E-state index contributed by atoms with van der Waals surface area (Å²) in [6.07, 6.45) is 1.67. The van der Waals surface area contributed by atoms with E-state index in [-0.39, 0.29) is 0 Å². The highest BCUT2D eigenvalue weighted by atomic mass is 35.5. The number of anilines is 1. The number of nitrogens with one attached hydrogen (secondary N) is 1. The van der Waals surface area contributed by atoms with Crippen LogP contribution in [0.4, 0.5) is 5.82 Å². The van der Waals surface area contributed by atoms with Crippen LogP contribution >= 0.6 is 11.6 Å². The van der Waals surface area contributed by atoms with E-state index >= 15 is 0 Å². The molecule has 7 heteroatoms. The second kappa shape index (κ2) is 6.88. The van der Waals surface area contributed by atoms with Gasteiger partial charge in [-0.25, -0.2) is 4.98 Å². The van der Waals surface area contributed by atoms with Crippen LogP contribution in [0.15, 0.2) is 36.7 Å². The predicted octanol–water partition coefficient (Wildman–Crippen LogP) is 3.64. The summed E-state index contributed by atoms with van der Waals surface area (Å²) < 4.78 is 7.23. The maximum atomic E-state index is 6.19. The normalized spacial score (nSPS) is 10.7. The maximum Gasteiger partial charge on any atom is 0.164 e. The molecular formula is C17H18ClN5O. The second-order valence-electron chi connectivity index (χ2n) is 5.27. The maximum absolute atomic E-state index is 6.19. The number of rotatable bonds is 5. The van der Waals surface area contributed by atoms with Gasteiger partial charge in [-0.3, -0.25) is 0 Å². The van der Waals surface area contributed by atoms with Crippen LogP contribution < -0.4 is 10.1 Å². The molecule has 0 radical (unpaired) electrons. The van der Waals surface area contributed by atoms with Crippen molar-refractivity contribution >= 4 is 17.4 Å². The van der Waals surface area contributed by atoms with Crippen LogP contribution in [0, 0.1) is 0 Å². The molecule has 2 heterocycles. The van der Waals surface area contributed by atoms with Crippen molar-refractivity contribution in [1.29, 1.82) is 0 Å². The van der Waals surface area contributed by atoms with Crippen molar-refractivity contribution in [3.63, 3.8) is 0 Å². The number of aryl methyl sites for hydroxylation is 1. The Morgan fingerprint density at radius 2 is 2.04 bits per heavy atom. The minimum Gasteiger partial charge on any atom is -0.497 e. The van der Waals surface area contributed by atoms with E-state index in [1.54, 1.807) is 13.4 Å². The summed E-state index contributed by atoms with van der Waals surface area (Å²) in [5.74, 6) is 2.24. The quantitative estimate of drug-likeness (QED) is 0.716. The van der Waals surface area contributed by atoms with Crippen LogP contribution in [-0.4, -0.2) is 33.4 Å². The molecule has 0 saturated heterocycles. The van der Waals surface area contributed by atoms with Gasteiger partial charge in [0.05, 0.1) is 7.11 Å². The fraction of sp³-hybridized carbons (Fsp3) is 0.235. The van der Waals surface area contributed by atoms with Gasteiger partial charge in [0.15, 0.2) is 5.82 Å². The van der Waals surface area contributed by atoms with E-state index in [9.17, 15) is 0 Å². The molecule has 6 nitrogen and oxygen atoms in total. The third kappa shape index (κ3) is 3.19. The summed E-state index contributed by atoms with van der Waals surface area (Å²) in [6.45, 7) is 2.78. The minimum absolute atomic E-state index is 0.434. The van der Waals surface area contributed by atoms with Crippen molar-refractivity contribution in [2.45, 2.75) is 6.92 Å². The smallest absolute Gasteiger partial charge is 0.164 e. The molecule has 0 aliphatic carbocycles. The van der Waals surface area contributed by atoms with E-state index in [4.69, 9.17) is 16.3 Å². The lowest BCUT2D eigenvalue weighted by Crippen LogP contribution is -2.00. The number of hydrogen-bond acceptors (Lipinski definition) is 5. The topological polar surface area (TPSA) is 64.9 Å². The van der Waals surface area contributed by atoms with Gasteiger partial charge in [0, 0.05) is 19.2 Å². The lowest BCUT2D eigenvalue weighted by molar-refractivity contribution is 0.415. The van der Waals surface area contributed by atoms with Gasteiger partial charge in [-0.15, -0.1) is 10.2 Å². The molecule has 0 aliphatic rings. The van der Waals surface area contributed by atoms with Crippen LogP contribution in [0.25, 0.3) is 22.5 Å². The third-order valence-corrected chi connectivity index (χ3v) is 3.84. The number of pyridine rings is 1. The highest BCUT2D eigenvalue weighted by Crippen LogP contribution is 2.35. The Morgan fingerprint density at radius 1 is 1.21 bits per heavy atom. The Labute approximate surface area is 145 Å². The van der Waals surface area contributed by atoms with E-state index in [2.05, 4.69) is 20.5 Å². The summed E-state index contributed by atoms with van der Waals surface area (Å²) in [7, 11) is 3.55. The van der Waals surface area contributed by atoms with Gasteiger partial charge in [0.2, 0.25) is 0 Å². The zero-order valence-electron chi connectivity index (χ0n) is 13.7. The molecule has 0 amide bonds. The van der Waals surface area contributed by atoms with E-state index in [1.807, 2.05) is 48.9 Å². The SMILES string of the molecule is CCNc1cc(-c2ccc(OC)cc2-c2nncn2C)cc(Cl)n1. The standard InChI is InChI=1S/C17H18ClN5O/c1-4-19-16-8-11(7-15(18)21-16)13-6-5-12(24-3)9-14(13)17-22-20-10-23(17)2/h5-10H,4H2,1-3H3,(H,19,21). The van der Waals surface area contributed by atoms with Crippen LogP contribution in [0.2, 0.25) is 5.15 Å². The van der Waals surface area contributed by atoms with Crippen molar-refractivity contribution in [2.75, 3.05) is 19.0 Å². The zero-order chi connectivity index (χ0) is 17.1. The van der Waals surface area contributed by atoms with E-state index < -0.39 is 0 Å². The Bertz CT molecular complexity index is 862. The summed E-state index contributed by atoms with van der Waals surface area (Å²) in [5, 5.41) is 11.8. The van der Waals surface area contributed by atoms with Crippen molar-refractivity contribution in [2.24, 2.45) is 7.05 Å². The third-order valence-electron chi connectivity index (χ3n) is 3.64. The van der Waals surface area contributed by atoms with Crippen molar-refractivity contribution in [1.82, 2.24) is 19.7 Å². The molecule has 3 rings (SSSR count). The van der Waals surface area contributed by atoms with Crippen LogP contribution in [-0.2, 0) is 7.05 Å². The number of aromatic nitrogens is 4. The summed E-state index contributed by atoms with van der Waals surface area (Å²) >= 11 is 6.19. The lowest BCUT2D eigenvalue weighted by atomic mass is 9.99. The molecule has 0 spiro atoms. The average molecular weight is 344 g/mol. The lowest BCUT2D eigenvalue weighted by Gasteiger charge is -2.13. The molecule has 0 atom stereocenters. The fourth-order valence-electron chi connectivity index (χ4n) is 2.54. The highest BCUT2D eigenvalue weighted by molar-refractivity contribution is 6.29. The second-order valence-corrected chi connectivity index (χ2v) is 5.66. The Morgan fingerprint density at radius 3 is 2.71 bits per heavy atom. The molecule has 124 valence electrons. The Hall–Kier alpha value is -2.60. The van der Waals surface area contributed by atoms with Crippen LogP contribution in [0.5, 0.6) is 5.75 Å². The summed E-state index contributed by atoms with van der Waals surface area (Å²) in [4.78, 5) is 4.29. The fourth-order valence-corrected chi connectivity index (χ4v) is 2.75. The first-order valence-corrected chi connectivity index (χ1v) is 7.94. The van der Waals surface area contributed by atoms with E-state index in [1.165, 1.54) is 0 Å². The number of ether oxygens (including phenoxy) is 1. The van der Waals surface area contributed by atoms with Gasteiger partial charge in [0.25, 0.3) is 0 Å². The Kier molecular flexibility index (Phi) is 4.66. The van der Waals surface area contributed by atoms with Gasteiger partial charge < -0.3 is 14.6 Å². The molecule has 0 fully saturated rings. The van der Waals surface area contributed by atoms with Crippen LogP contribution in [0.1, 0.15) is 6.92 Å². The molecule has 0 unspecified atom stereocenters. The molecule has 0 aliphatic heterocycles. The highest BCUT2D eigenvalue weighted by Gasteiger charge is 2.15. The number of halogens is 1. The van der Waals surface area contributed by atoms with Crippen LogP contribution in [0.3, 0.4) is 0 Å². The van der Waals surface area contributed by atoms with Crippen molar-refractivity contribution < 1.29 is 4.74 Å². The van der Waals surface area contributed by atoms with E-state index in [0.717, 1.165) is 40.6 Å². The molecule has 0 bridgehead atoms. The van der Waals surface area contributed by atoms with E-state index in [0.29, 0.717) is 5.15 Å². The molecular weight excluding hydrogens is 326 g/mol. The number of methoxy groups -OCH3 is 1.